The number of rotatable bonds is 6. The zero-order valence-corrected chi connectivity index (χ0v) is 15.8. The summed E-state index contributed by atoms with van der Waals surface area (Å²) in [6, 6.07) is 10.2. The first-order valence-corrected chi connectivity index (χ1v) is 9.11. The second-order valence-corrected chi connectivity index (χ2v) is 6.91. The predicted octanol–water partition coefficient (Wildman–Crippen LogP) is 4.12. The summed E-state index contributed by atoms with van der Waals surface area (Å²) < 4.78 is 18.8. The summed E-state index contributed by atoms with van der Waals surface area (Å²) in [6.07, 6.45) is 1.21. The number of anilines is 1. The van der Waals surface area contributed by atoms with Crippen LogP contribution in [0, 0.1) is 5.82 Å². The summed E-state index contributed by atoms with van der Waals surface area (Å²) in [5, 5.41) is 0.748. The maximum atomic E-state index is 13.2. The van der Waals surface area contributed by atoms with Gasteiger partial charge in [-0.1, -0.05) is 23.2 Å². The molecule has 1 aliphatic heterocycles. The third-order valence-corrected chi connectivity index (χ3v) is 4.70. The molecule has 1 fully saturated rings. The van der Waals surface area contributed by atoms with Crippen LogP contribution >= 0.6 is 23.2 Å². The van der Waals surface area contributed by atoms with Crippen molar-refractivity contribution in [3.8, 4) is 5.75 Å². The fourth-order valence-electron chi connectivity index (χ4n) is 2.76. The van der Waals surface area contributed by atoms with Crippen LogP contribution in [0.4, 0.5) is 10.1 Å². The van der Waals surface area contributed by atoms with Gasteiger partial charge in [-0.3, -0.25) is 14.5 Å². The van der Waals surface area contributed by atoms with Crippen LogP contribution in [-0.2, 0) is 9.59 Å². The summed E-state index contributed by atoms with van der Waals surface area (Å²) in [7, 11) is 0. The van der Waals surface area contributed by atoms with E-state index in [1.807, 2.05) is 0 Å². The van der Waals surface area contributed by atoms with Crippen molar-refractivity contribution < 1.29 is 18.7 Å². The number of hydrogen-bond donors (Lipinski definition) is 0. The van der Waals surface area contributed by atoms with Crippen LogP contribution in [0.15, 0.2) is 42.5 Å². The van der Waals surface area contributed by atoms with Gasteiger partial charge in [0.25, 0.3) is 5.91 Å². The molecule has 0 aliphatic carbocycles. The zero-order chi connectivity index (χ0) is 19.4. The molecule has 0 N–H and O–H groups in total. The average Bonchev–Trinajstić information content (AvgIpc) is 3.04. The van der Waals surface area contributed by atoms with E-state index in [0.717, 1.165) is 6.42 Å². The Labute approximate surface area is 166 Å². The summed E-state index contributed by atoms with van der Waals surface area (Å²) >= 11 is 11.9. The Morgan fingerprint density at radius 3 is 2.56 bits per heavy atom. The lowest BCUT2D eigenvalue weighted by Gasteiger charge is -2.28. The van der Waals surface area contributed by atoms with Gasteiger partial charge in [0.05, 0.1) is 5.02 Å². The topological polar surface area (TPSA) is 49.9 Å². The molecule has 0 saturated carbocycles. The SMILES string of the molecule is O=C1CCCN1CN(C(=O)COc1ccc(Cl)cc1Cl)c1ccc(F)cc1. The van der Waals surface area contributed by atoms with Crippen LogP contribution in [-0.4, -0.2) is 36.5 Å². The molecule has 0 spiro atoms. The van der Waals surface area contributed by atoms with Gasteiger partial charge in [-0.05, 0) is 48.9 Å². The minimum atomic E-state index is -0.410. The fraction of sp³-hybridized carbons (Fsp3) is 0.263. The number of likely N-dealkylation sites (tertiary alicyclic amines) is 1. The number of benzene rings is 2. The van der Waals surface area contributed by atoms with Gasteiger partial charge >= 0.3 is 0 Å². The van der Waals surface area contributed by atoms with Crippen LogP contribution < -0.4 is 9.64 Å². The van der Waals surface area contributed by atoms with Crippen LogP contribution in [0.1, 0.15) is 12.8 Å². The Bertz CT molecular complexity index is 845. The van der Waals surface area contributed by atoms with E-state index in [0.29, 0.717) is 34.4 Å². The lowest BCUT2D eigenvalue weighted by molar-refractivity contribution is -0.128. The number of hydrogen-bond acceptors (Lipinski definition) is 3. The van der Waals surface area contributed by atoms with Crippen molar-refractivity contribution in [2.75, 3.05) is 24.7 Å². The van der Waals surface area contributed by atoms with Crippen LogP contribution in [0.25, 0.3) is 0 Å². The molecule has 0 bridgehead atoms. The lowest BCUT2D eigenvalue weighted by atomic mass is 10.3. The maximum Gasteiger partial charge on any atom is 0.266 e. The largest absolute Gasteiger partial charge is 0.482 e. The van der Waals surface area contributed by atoms with E-state index in [-0.39, 0.29) is 25.1 Å². The van der Waals surface area contributed by atoms with Gasteiger partial charge in [-0.2, -0.15) is 0 Å². The van der Waals surface area contributed by atoms with Gasteiger partial charge in [0.2, 0.25) is 5.91 Å². The molecule has 5 nitrogen and oxygen atoms in total. The Kier molecular flexibility index (Phi) is 6.19. The second kappa shape index (κ2) is 8.59. The predicted molar refractivity (Wildman–Crippen MR) is 102 cm³/mol. The van der Waals surface area contributed by atoms with E-state index in [1.54, 1.807) is 17.0 Å². The molecular weight excluding hydrogens is 394 g/mol. The molecule has 0 unspecified atom stereocenters. The first-order valence-electron chi connectivity index (χ1n) is 8.35. The highest BCUT2D eigenvalue weighted by atomic mass is 35.5. The lowest BCUT2D eigenvalue weighted by Crippen LogP contribution is -2.44. The van der Waals surface area contributed by atoms with Crippen LogP contribution in [0.2, 0.25) is 10.0 Å². The van der Waals surface area contributed by atoms with Crippen molar-refractivity contribution >= 4 is 40.7 Å². The highest BCUT2D eigenvalue weighted by Crippen LogP contribution is 2.27. The third-order valence-electron chi connectivity index (χ3n) is 4.17. The average molecular weight is 411 g/mol. The molecule has 1 aliphatic rings. The van der Waals surface area contributed by atoms with E-state index in [4.69, 9.17) is 27.9 Å². The molecule has 8 heteroatoms. The number of amides is 2. The van der Waals surface area contributed by atoms with E-state index in [2.05, 4.69) is 0 Å². The van der Waals surface area contributed by atoms with Gasteiger partial charge < -0.3 is 9.64 Å². The van der Waals surface area contributed by atoms with E-state index in [9.17, 15) is 14.0 Å². The van der Waals surface area contributed by atoms with Gasteiger partial charge in [-0.15, -0.1) is 0 Å². The molecular formula is C19H17Cl2FN2O3. The summed E-state index contributed by atoms with van der Waals surface area (Å²) in [5.74, 6) is -0.484. The molecule has 2 aromatic carbocycles. The molecule has 2 aromatic rings. The van der Waals surface area contributed by atoms with Crippen molar-refractivity contribution in [3.05, 3.63) is 58.3 Å². The molecule has 0 atom stereocenters. The number of halogens is 3. The molecule has 3 rings (SSSR count). The molecule has 0 radical (unpaired) electrons. The third kappa shape index (κ3) is 4.90. The fourth-order valence-corrected chi connectivity index (χ4v) is 3.22. The minimum absolute atomic E-state index is 0.0171. The summed E-state index contributed by atoms with van der Waals surface area (Å²) in [5.41, 5.74) is 0.479. The molecule has 1 saturated heterocycles. The molecule has 1 heterocycles. The van der Waals surface area contributed by atoms with Gasteiger partial charge in [0.15, 0.2) is 6.61 Å². The quantitative estimate of drug-likeness (QED) is 0.719. The molecule has 0 aromatic heterocycles. The highest BCUT2D eigenvalue weighted by Gasteiger charge is 2.26. The summed E-state index contributed by atoms with van der Waals surface area (Å²) in [6.45, 7) is 0.370. The number of ether oxygens (including phenoxy) is 1. The first-order chi connectivity index (χ1) is 12.9. The van der Waals surface area contributed by atoms with Crippen molar-refractivity contribution in [2.24, 2.45) is 0 Å². The van der Waals surface area contributed by atoms with Crippen molar-refractivity contribution in [2.45, 2.75) is 12.8 Å². The second-order valence-electron chi connectivity index (χ2n) is 6.06. The van der Waals surface area contributed by atoms with Crippen LogP contribution in [0.3, 0.4) is 0 Å². The number of carbonyl (C=O) groups excluding carboxylic acids is 2. The highest BCUT2D eigenvalue weighted by molar-refractivity contribution is 6.35. The molecule has 142 valence electrons. The maximum absolute atomic E-state index is 13.2. The van der Waals surface area contributed by atoms with Gasteiger partial charge in [-0.25, -0.2) is 4.39 Å². The van der Waals surface area contributed by atoms with E-state index in [1.165, 1.54) is 35.2 Å². The molecule has 27 heavy (non-hydrogen) atoms. The first kappa shape index (κ1) is 19.5. The smallest absolute Gasteiger partial charge is 0.266 e. The number of carbonyl (C=O) groups is 2. The van der Waals surface area contributed by atoms with E-state index >= 15 is 0 Å². The minimum Gasteiger partial charge on any atom is -0.482 e. The standard InChI is InChI=1S/C19H17Cl2FN2O3/c20-13-3-8-17(16(21)10-13)27-11-19(26)24(12-23-9-1-2-18(23)25)15-6-4-14(22)5-7-15/h3-8,10H,1-2,9,11-12H2. The van der Waals surface area contributed by atoms with Crippen molar-refractivity contribution in [1.29, 1.82) is 0 Å². The van der Waals surface area contributed by atoms with Gasteiger partial charge in [0, 0.05) is 23.7 Å². The van der Waals surface area contributed by atoms with Crippen LogP contribution in [0.5, 0.6) is 5.75 Å². The van der Waals surface area contributed by atoms with Crippen molar-refractivity contribution in [1.82, 2.24) is 4.90 Å². The Morgan fingerprint density at radius 1 is 1.19 bits per heavy atom. The summed E-state index contributed by atoms with van der Waals surface area (Å²) in [4.78, 5) is 27.7. The zero-order valence-electron chi connectivity index (χ0n) is 14.3. The normalized spacial score (nSPS) is 13.7. The van der Waals surface area contributed by atoms with Gasteiger partial charge in [0.1, 0.15) is 18.2 Å². The Morgan fingerprint density at radius 2 is 1.93 bits per heavy atom. The Hall–Kier alpha value is -2.31. The Balaban J connectivity index is 1.75. The molecule has 2 amide bonds. The van der Waals surface area contributed by atoms with Crippen molar-refractivity contribution in [3.63, 3.8) is 0 Å². The monoisotopic (exact) mass is 410 g/mol. The number of nitrogens with zero attached hydrogens (tertiary/aromatic N) is 2. The van der Waals surface area contributed by atoms with E-state index < -0.39 is 5.82 Å².